The van der Waals surface area contributed by atoms with Crippen LogP contribution in [0.4, 0.5) is 0 Å². The first-order valence-corrected chi connectivity index (χ1v) is 7.81. The zero-order chi connectivity index (χ0) is 16.8. The lowest BCUT2D eigenvalue weighted by Crippen LogP contribution is -2.46. The van der Waals surface area contributed by atoms with E-state index in [0.717, 1.165) is 30.4 Å². The molecule has 0 spiro atoms. The van der Waals surface area contributed by atoms with Gasteiger partial charge in [-0.2, -0.15) is 0 Å². The quantitative estimate of drug-likeness (QED) is 0.719. The van der Waals surface area contributed by atoms with E-state index >= 15 is 0 Å². The van der Waals surface area contributed by atoms with Crippen LogP contribution in [0.15, 0.2) is 24.3 Å². The Labute approximate surface area is 134 Å². The van der Waals surface area contributed by atoms with Crippen molar-refractivity contribution < 1.29 is 24.6 Å². The van der Waals surface area contributed by atoms with E-state index in [1.54, 1.807) is 6.07 Å². The standard InChI is InChI=1S/C17H21NO5/c19-15-13(16(20)21)10-12-7-4-6-11(9-12)5-2-1-3-8-14(18-15)17(22)23/h4,6-7,9,13-14H,1-3,5,8,10H2,(H,18,19)(H,20,21)(H,22,23)/t13?,14-/m0/s1. The van der Waals surface area contributed by atoms with Crippen molar-refractivity contribution >= 4 is 17.8 Å². The first kappa shape index (κ1) is 17.0. The summed E-state index contributed by atoms with van der Waals surface area (Å²) >= 11 is 0. The Kier molecular flexibility index (Phi) is 5.73. The van der Waals surface area contributed by atoms with Gasteiger partial charge in [-0.3, -0.25) is 9.59 Å². The Hall–Kier alpha value is -2.37. The molecular formula is C17H21NO5. The van der Waals surface area contributed by atoms with Crippen LogP contribution in [0.25, 0.3) is 0 Å². The predicted octanol–water partition coefficient (Wildman–Crippen LogP) is 1.62. The van der Waals surface area contributed by atoms with Gasteiger partial charge in [0.25, 0.3) is 0 Å². The zero-order valence-corrected chi connectivity index (χ0v) is 12.8. The van der Waals surface area contributed by atoms with Crippen molar-refractivity contribution in [3.05, 3.63) is 35.4 Å². The molecule has 0 aliphatic carbocycles. The molecule has 0 radical (unpaired) electrons. The van der Waals surface area contributed by atoms with Crippen LogP contribution in [0.1, 0.15) is 36.8 Å². The molecule has 124 valence electrons. The number of fused-ring (bicyclic) bond motifs is 2. The summed E-state index contributed by atoms with van der Waals surface area (Å²) < 4.78 is 0. The van der Waals surface area contributed by atoms with Crippen LogP contribution in [0, 0.1) is 5.92 Å². The van der Waals surface area contributed by atoms with Gasteiger partial charge < -0.3 is 15.5 Å². The molecular weight excluding hydrogens is 298 g/mol. The number of amides is 1. The number of carboxylic acid groups (broad SMARTS) is 2. The Balaban J connectivity index is 2.26. The highest BCUT2D eigenvalue weighted by Gasteiger charge is 2.30. The number of aliphatic carboxylic acids is 2. The summed E-state index contributed by atoms with van der Waals surface area (Å²) in [6.45, 7) is 0. The monoisotopic (exact) mass is 319 g/mol. The van der Waals surface area contributed by atoms with E-state index in [-0.39, 0.29) is 6.42 Å². The maximum absolute atomic E-state index is 12.2. The normalized spacial score (nSPS) is 22.9. The van der Waals surface area contributed by atoms with Gasteiger partial charge in [0.15, 0.2) is 0 Å². The number of nitrogens with one attached hydrogen (secondary N) is 1. The van der Waals surface area contributed by atoms with Gasteiger partial charge in [0.05, 0.1) is 0 Å². The van der Waals surface area contributed by atoms with Crippen LogP contribution in [0.2, 0.25) is 0 Å². The summed E-state index contributed by atoms with van der Waals surface area (Å²) in [5, 5.41) is 20.9. The van der Waals surface area contributed by atoms with E-state index in [9.17, 15) is 24.6 Å². The molecule has 1 heterocycles. The molecule has 2 atom stereocenters. The second kappa shape index (κ2) is 7.76. The number of hydrogen-bond donors (Lipinski definition) is 3. The second-order valence-corrected chi connectivity index (χ2v) is 5.91. The van der Waals surface area contributed by atoms with Crippen LogP contribution >= 0.6 is 0 Å². The smallest absolute Gasteiger partial charge is 0.326 e. The average molecular weight is 319 g/mol. The third kappa shape index (κ3) is 4.81. The number of carboxylic acids is 2. The summed E-state index contributed by atoms with van der Waals surface area (Å²) in [4.78, 5) is 34.9. The molecule has 1 unspecified atom stereocenters. The Morgan fingerprint density at radius 1 is 1.04 bits per heavy atom. The van der Waals surface area contributed by atoms with Crippen molar-refractivity contribution in [2.75, 3.05) is 0 Å². The van der Waals surface area contributed by atoms with Crippen molar-refractivity contribution in [1.29, 1.82) is 0 Å². The van der Waals surface area contributed by atoms with Gasteiger partial charge in [0.2, 0.25) is 5.91 Å². The van der Waals surface area contributed by atoms with Crippen molar-refractivity contribution in [3.63, 3.8) is 0 Å². The molecule has 0 saturated heterocycles. The van der Waals surface area contributed by atoms with Crippen molar-refractivity contribution in [2.24, 2.45) is 5.92 Å². The molecule has 2 bridgehead atoms. The zero-order valence-electron chi connectivity index (χ0n) is 12.8. The molecule has 6 nitrogen and oxygen atoms in total. The lowest BCUT2D eigenvalue weighted by Gasteiger charge is -2.18. The molecule has 1 amide bonds. The summed E-state index contributed by atoms with van der Waals surface area (Å²) in [5.41, 5.74) is 1.89. The van der Waals surface area contributed by atoms with Crippen LogP contribution < -0.4 is 5.32 Å². The van der Waals surface area contributed by atoms with Crippen LogP contribution in [0.3, 0.4) is 0 Å². The van der Waals surface area contributed by atoms with Gasteiger partial charge in [0, 0.05) is 0 Å². The molecule has 0 fully saturated rings. The molecule has 1 aliphatic rings. The fourth-order valence-corrected chi connectivity index (χ4v) is 2.82. The topological polar surface area (TPSA) is 104 Å². The minimum absolute atomic E-state index is 0.0569. The molecule has 0 aromatic heterocycles. The Morgan fingerprint density at radius 3 is 2.48 bits per heavy atom. The number of carbonyl (C=O) groups excluding carboxylic acids is 1. The third-order valence-electron chi connectivity index (χ3n) is 4.12. The number of benzene rings is 1. The summed E-state index contributed by atoms with van der Waals surface area (Å²) in [6.07, 6.45) is 3.71. The van der Waals surface area contributed by atoms with Gasteiger partial charge in [-0.15, -0.1) is 0 Å². The lowest BCUT2D eigenvalue weighted by atomic mass is 9.96. The molecule has 1 aromatic rings. The average Bonchev–Trinajstić information content (AvgIpc) is 2.51. The molecule has 2 rings (SSSR count). The van der Waals surface area contributed by atoms with Crippen LogP contribution in [-0.4, -0.2) is 34.1 Å². The molecule has 6 heteroatoms. The van der Waals surface area contributed by atoms with Gasteiger partial charge in [-0.25, -0.2) is 4.79 Å². The largest absolute Gasteiger partial charge is 0.481 e. The SMILES string of the molecule is O=C(O)C1Cc2cccc(c2)CCCCC[C@@H](C(=O)O)NC1=O. The fraction of sp³-hybridized carbons (Fsp3) is 0.471. The van der Waals surface area contributed by atoms with Crippen molar-refractivity contribution in [1.82, 2.24) is 5.32 Å². The molecule has 23 heavy (non-hydrogen) atoms. The predicted molar refractivity (Wildman–Crippen MR) is 83.0 cm³/mol. The fourth-order valence-electron chi connectivity index (χ4n) is 2.82. The Morgan fingerprint density at radius 2 is 1.78 bits per heavy atom. The summed E-state index contributed by atoms with van der Waals surface area (Å²) in [5.74, 6) is -4.40. The third-order valence-corrected chi connectivity index (χ3v) is 4.12. The van der Waals surface area contributed by atoms with Gasteiger partial charge >= 0.3 is 11.9 Å². The van der Waals surface area contributed by atoms with E-state index in [1.807, 2.05) is 18.2 Å². The summed E-state index contributed by atoms with van der Waals surface area (Å²) in [7, 11) is 0. The molecule has 1 aliphatic heterocycles. The first-order chi connectivity index (χ1) is 11.0. The number of aryl methyl sites for hydroxylation is 1. The molecule has 3 N–H and O–H groups in total. The van der Waals surface area contributed by atoms with E-state index in [0.29, 0.717) is 12.8 Å². The van der Waals surface area contributed by atoms with Gasteiger partial charge in [-0.05, 0) is 36.8 Å². The van der Waals surface area contributed by atoms with E-state index in [2.05, 4.69) is 5.32 Å². The minimum Gasteiger partial charge on any atom is -0.481 e. The minimum atomic E-state index is -1.28. The molecule has 1 aromatic carbocycles. The Bertz CT molecular complexity index is 598. The highest BCUT2D eigenvalue weighted by molar-refractivity contribution is 5.98. The van der Waals surface area contributed by atoms with Gasteiger partial charge in [-0.1, -0.05) is 37.1 Å². The lowest BCUT2D eigenvalue weighted by molar-refractivity contribution is -0.149. The number of carbonyl (C=O) groups is 3. The second-order valence-electron chi connectivity index (χ2n) is 5.91. The van der Waals surface area contributed by atoms with Gasteiger partial charge in [0.1, 0.15) is 12.0 Å². The molecule has 0 saturated carbocycles. The van der Waals surface area contributed by atoms with Crippen molar-refractivity contribution in [3.8, 4) is 0 Å². The maximum atomic E-state index is 12.2. The summed E-state index contributed by atoms with van der Waals surface area (Å²) in [6, 6.07) is 6.53. The van der Waals surface area contributed by atoms with Crippen molar-refractivity contribution in [2.45, 2.75) is 44.6 Å². The van der Waals surface area contributed by atoms with Crippen LogP contribution in [0.5, 0.6) is 0 Å². The highest BCUT2D eigenvalue weighted by atomic mass is 16.4. The van der Waals surface area contributed by atoms with E-state index < -0.39 is 29.8 Å². The van der Waals surface area contributed by atoms with E-state index in [1.165, 1.54) is 0 Å². The highest BCUT2D eigenvalue weighted by Crippen LogP contribution is 2.16. The maximum Gasteiger partial charge on any atom is 0.326 e. The van der Waals surface area contributed by atoms with E-state index in [4.69, 9.17) is 0 Å². The number of hydrogen-bond acceptors (Lipinski definition) is 3. The first-order valence-electron chi connectivity index (χ1n) is 7.81. The number of rotatable bonds is 2. The van der Waals surface area contributed by atoms with Crippen LogP contribution in [-0.2, 0) is 27.2 Å².